The van der Waals surface area contributed by atoms with Crippen LogP contribution < -0.4 is 0 Å². The maximum atomic E-state index is 13.4. The van der Waals surface area contributed by atoms with Gasteiger partial charge in [0.25, 0.3) is 6.43 Å². The Labute approximate surface area is 132 Å². The zero-order valence-corrected chi connectivity index (χ0v) is 15.2. The second-order valence-corrected chi connectivity index (χ2v) is 8.82. The van der Waals surface area contributed by atoms with E-state index < -0.39 is 11.7 Å². The van der Waals surface area contributed by atoms with Gasteiger partial charge in [-0.25, -0.2) is 8.78 Å². The molecule has 20 heavy (non-hydrogen) atoms. The monoisotopic (exact) mass is 326 g/mol. The normalized spacial score (nSPS) is 13.7. The summed E-state index contributed by atoms with van der Waals surface area (Å²) in [5.74, 6) is 0.185. The van der Waals surface area contributed by atoms with Crippen LogP contribution >= 0.6 is 21.6 Å². The lowest BCUT2D eigenvalue weighted by Gasteiger charge is -2.26. The van der Waals surface area contributed by atoms with E-state index >= 15 is 0 Å². The fourth-order valence-corrected chi connectivity index (χ4v) is 4.93. The molecule has 0 unspecified atom stereocenters. The molecule has 0 saturated carbocycles. The van der Waals surface area contributed by atoms with Crippen LogP contribution in [0.3, 0.4) is 0 Å². The minimum atomic E-state index is -2.19. The van der Waals surface area contributed by atoms with Crippen LogP contribution in [0.2, 0.25) is 0 Å². The van der Waals surface area contributed by atoms with Crippen LogP contribution in [0.4, 0.5) is 8.78 Å². The molecule has 0 N–H and O–H groups in total. The molecule has 0 fully saturated rings. The number of unbranched alkanes of at least 4 members (excludes halogenated alkanes) is 4. The highest BCUT2D eigenvalue weighted by Gasteiger charge is 2.30. The number of hydrogen-bond donors (Lipinski definition) is 0. The highest BCUT2D eigenvalue weighted by atomic mass is 33.1. The third-order valence-electron chi connectivity index (χ3n) is 3.43. The highest BCUT2D eigenvalue weighted by molar-refractivity contribution is 8.77. The van der Waals surface area contributed by atoms with E-state index in [4.69, 9.17) is 0 Å². The highest BCUT2D eigenvalue weighted by Crippen LogP contribution is 2.41. The fourth-order valence-electron chi connectivity index (χ4n) is 2.29. The van der Waals surface area contributed by atoms with Crippen molar-refractivity contribution in [3.63, 3.8) is 0 Å². The molecule has 0 saturated heterocycles. The first kappa shape index (κ1) is 20.6. The maximum Gasteiger partial charge on any atom is 0.251 e. The number of hydrogen-bond acceptors (Lipinski definition) is 2. The van der Waals surface area contributed by atoms with Crippen molar-refractivity contribution < 1.29 is 8.78 Å². The molecule has 0 heterocycles. The summed E-state index contributed by atoms with van der Waals surface area (Å²) in [4.78, 5) is 0. The molecule has 0 spiro atoms. The average Bonchev–Trinajstić information content (AvgIpc) is 2.38. The standard InChI is InChI=1S/C16H32F2S2/c1-5-7-9-11-14(12-10-8-6-2)15(16(17)18)20-19-13(3)4/h13-16H,5-12H2,1-4H3/t15-/m0/s1. The molecule has 122 valence electrons. The van der Waals surface area contributed by atoms with E-state index in [1.165, 1.54) is 23.6 Å². The summed E-state index contributed by atoms with van der Waals surface area (Å²) in [6, 6.07) is 0. The summed E-state index contributed by atoms with van der Waals surface area (Å²) < 4.78 is 26.8. The van der Waals surface area contributed by atoms with Crippen LogP contribution in [-0.2, 0) is 0 Å². The summed E-state index contributed by atoms with van der Waals surface area (Å²) in [6.07, 6.45) is 6.61. The van der Waals surface area contributed by atoms with Crippen LogP contribution in [0.1, 0.15) is 79.1 Å². The molecule has 0 rings (SSSR count). The van der Waals surface area contributed by atoms with Gasteiger partial charge in [-0.15, -0.1) is 0 Å². The second-order valence-electron chi connectivity index (χ2n) is 5.79. The summed E-state index contributed by atoms with van der Waals surface area (Å²) >= 11 is 0. The van der Waals surface area contributed by atoms with Crippen molar-refractivity contribution in [3.8, 4) is 0 Å². The second kappa shape index (κ2) is 13.2. The number of alkyl halides is 2. The minimum absolute atomic E-state index is 0.185. The Morgan fingerprint density at radius 2 is 1.30 bits per heavy atom. The molecule has 0 aliphatic heterocycles. The van der Waals surface area contributed by atoms with Crippen LogP contribution in [0.15, 0.2) is 0 Å². The van der Waals surface area contributed by atoms with Gasteiger partial charge in [0.05, 0.1) is 5.25 Å². The lowest BCUT2D eigenvalue weighted by Crippen LogP contribution is -2.25. The first-order chi connectivity index (χ1) is 9.52. The molecule has 0 bridgehead atoms. The van der Waals surface area contributed by atoms with Crippen molar-refractivity contribution >= 4 is 21.6 Å². The quantitative estimate of drug-likeness (QED) is 0.259. The Bertz CT molecular complexity index is 201. The number of halogens is 2. The fraction of sp³-hybridized carbons (Fsp3) is 1.00. The Kier molecular flexibility index (Phi) is 13.6. The van der Waals surface area contributed by atoms with Crippen molar-refractivity contribution in [1.29, 1.82) is 0 Å². The molecule has 0 radical (unpaired) electrons. The zero-order valence-electron chi connectivity index (χ0n) is 13.5. The van der Waals surface area contributed by atoms with Crippen molar-refractivity contribution in [2.24, 2.45) is 5.92 Å². The van der Waals surface area contributed by atoms with Gasteiger partial charge in [-0.1, -0.05) is 87.8 Å². The lowest BCUT2D eigenvalue weighted by molar-refractivity contribution is 0.117. The van der Waals surface area contributed by atoms with E-state index in [1.807, 2.05) is 0 Å². The Morgan fingerprint density at radius 3 is 1.65 bits per heavy atom. The molecule has 0 aromatic rings. The van der Waals surface area contributed by atoms with E-state index in [9.17, 15) is 8.78 Å². The van der Waals surface area contributed by atoms with Crippen molar-refractivity contribution in [2.45, 2.75) is 96.0 Å². The van der Waals surface area contributed by atoms with Crippen LogP contribution in [-0.4, -0.2) is 16.9 Å². The van der Waals surface area contributed by atoms with Gasteiger partial charge in [0.2, 0.25) is 0 Å². The van der Waals surface area contributed by atoms with Crippen molar-refractivity contribution in [3.05, 3.63) is 0 Å². The molecule has 0 amide bonds. The van der Waals surface area contributed by atoms with Gasteiger partial charge in [-0.2, -0.15) is 0 Å². The Hall–Kier alpha value is 0.560. The van der Waals surface area contributed by atoms with E-state index in [2.05, 4.69) is 27.7 Å². The maximum absolute atomic E-state index is 13.4. The van der Waals surface area contributed by atoms with Crippen LogP contribution in [0.5, 0.6) is 0 Å². The van der Waals surface area contributed by atoms with Crippen LogP contribution in [0, 0.1) is 5.92 Å². The van der Waals surface area contributed by atoms with Gasteiger partial charge < -0.3 is 0 Å². The summed E-state index contributed by atoms with van der Waals surface area (Å²) in [7, 11) is 3.04. The molecule has 0 aliphatic carbocycles. The van der Waals surface area contributed by atoms with E-state index in [0.29, 0.717) is 5.25 Å². The molecule has 0 aromatic heterocycles. The van der Waals surface area contributed by atoms with Gasteiger partial charge in [-0.05, 0) is 18.8 Å². The summed E-state index contributed by atoms with van der Waals surface area (Å²) in [5.41, 5.74) is 0. The molecular weight excluding hydrogens is 294 g/mol. The summed E-state index contributed by atoms with van der Waals surface area (Å²) in [6.45, 7) is 8.48. The van der Waals surface area contributed by atoms with E-state index in [-0.39, 0.29) is 5.92 Å². The minimum Gasteiger partial charge on any atom is -0.209 e. The number of rotatable bonds is 13. The lowest BCUT2D eigenvalue weighted by atomic mass is 9.92. The van der Waals surface area contributed by atoms with Crippen molar-refractivity contribution in [2.75, 3.05) is 0 Å². The van der Waals surface area contributed by atoms with Gasteiger partial charge in [-0.3, -0.25) is 0 Å². The van der Waals surface area contributed by atoms with E-state index in [0.717, 1.165) is 38.5 Å². The topological polar surface area (TPSA) is 0 Å². The average molecular weight is 327 g/mol. The van der Waals surface area contributed by atoms with E-state index in [1.54, 1.807) is 10.8 Å². The molecule has 0 nitrogen and oxygen atoms in total. The van der Waals surface area contributed by atoms with Gasteiger partial charge in [0.15, 0.2) is 0 Å². The van der Waals surface area contributed by atoms with Gasteiger partial charge in [0, 0.05) is 5.25 Å². The SMILES string of the molecule is CCCCCC(CCCCC)[C@H](SSC(C)C)C(F)F. The molecule has 1 atom stereocenters. The zero-order chi connectivity index (χ0) is 15.4. The molecular formula is C16H32F2S2. The molecule has 0 aliphatic rings. The Balaban J connectivity index is 4.44. The predicted octanol–water partition coefficient (Wildman–Crippen LogP) is 7.19. The van der Waals surface area contributed by atoms with Crippen LogP contribution in [0.25, 0.3) is 0 Å². The van der Waals surface area contributed by atoms with Gasteiger partial charge in [0.1, 0.15) is 0 Å². The largest absolute Gasteiger partial charge is 0.251 e. The molecule has 0 aromatic carbocycles. The smallest absolute Gasteiger partial charge is 0.209 e. The third kappa shape index (κ3) is 10.3. The summed E-state index contributed by atoms with van der Waals surface area (Å²) in [5, 5.41) is -0.0794. The van der Waals surface area contributed by atoms with Gasteiger partial charge >= 0.3 is 0 Å². The first-order valence-corrected chi connectivity index (χ1v) is 10.4. The first-order valence-electron chi connectivity index (χ1n) is 8.13. The van der Waals surface area contributed by atoms with Crippen molar-refractivity contribution in [1.82, 2.24) is 0 Å². The predicted molar refractivity (Wildman–Crippen MR) is 91.9 cm³/mol. The Morgan fingerprint density at radius 1 is 0.800 bits per heavy atom. The third-order valence-corrected chi connectivity index (χ3v) is 6.89. The molecule has 4 heteroatoms.